The lowest BCUT2D eigenvalue weighted by atomic mass is 10.1. The molecule has 5 heteroatoms. The molecule has 19 heavy (non-hydrogen) atoms. The molecule has 0 amide bonds. The van der Waals surface area contributed by atoms with Gasteiger partial charge in [0.1, 0.15) is 0 Å². The third-order valence-electron chi connectivity index (χ3n) is 3.28. The van der Waals surface area contributed by atoms with Gasteiger partial charge in [0.15, 0.2) is 0 Å². The number of carbonyl (C=O) groups is 1. The Bertz CT molecular complexity index is 458. The van der Waals surface area contributed by atoms with E-state index in [9.17, 15) is 9.90 Å². The molecule has 104 valence electrons. The molecule has 0 unspecified atom stereocenters. The van der Waals surface area contributed by atoms with Crippen LogP contribution in [0.1, 0.15) is 23.2 Å². The van der Waals surface area contributed by atoms with Gasteiger partial charge in [0.05, 0.1) is 17.9 Å². The van der Waals surface area contributed by atoms with Crippen LogP contribution in [0.3, 0.4) is 0 Å². The fraction of sp³-hybridized carbons (Fsp3) is 0.500. The highest BCUT2D eigenvalue weighted by atomic mass is 16.5. The molecule has 1 aromatic carbocycles. The van der Waals surface area contributed by atoms with E-state index in [4.69, 9.17) is 10.5 Å². The van der Waals surface area contributed by atoms with Crippen molar-refractivity contribution in [2.75, 3.05) is 37.4 Å². The Morgan fingerprint density at radius 1 is 1.53 bits per heavy atom. The summed E-state index contributed by atoms with van der Waals surface area (Å²) in [4.78, 5) is 13.1. The number of carboxylic acid groups (broad SMARTS) is 1. The first kappa shape index (κ1) is 13.7. The fourth-order valence-corrected chi connectivity index (χ4v) is 1.91. The number of nitrogens with two attached hydrogens (primary N) is 1. The zero-order valence-corrected chi connectivity index (χ0v) is 11.1. The first-order valence-electron chi connectivity index (χ1n) is 6.49. The summed E-state index contributed by atoms with van der Waals surface area (Å²) in [6.45, 7) is 2.09. The molecule has 1 aliphatic carbocycles. The third kappa shape index (κ3) is 3.86. The number of likely N-dealkylation sites (N-methyl/N-ethyl adjacent to an activating group) is 1. The number of nitrogen functional groups attached to an aromatic ring is 1. The number of anilines is 2. The van der Waals surface area contributed by atoms with Crippen LogP contribution in [0.25, 0.3) is 0 Å². The van der Waals surface area contributed by atoms with Crippen molar-refractivity contribution in [3.63, 3.8) is 0 Å². The predicted molar refractivity (Wildman–Crippen MR) is 74.6 cm³/mol. The van der Waals surface area contributed by atoms with Crippen LogP contribution in [0.15, 0.2) is 18.2 Å². The summed E-state index contributed by atoms with van der Waals surface area (Å²) in [6, 6.07) is 4.93. The van der Waals surface area contributed by atoms with Crippen LogP contribution in [-0.2, 0) is 4.74 Å². The van der Waals surface area contributed by atoms with Crippen LogP contribution >= 0.6 is 0 Å². The number of carboxylic acids is 1. The summed E-state index contributed by atoms with van der Waals surface area (Å²) < 4.78 is 5.56. The molecular weight excluding hydrogens is 244 g/mol. The van der Waals surface area contributed by atoms with Crippen molar-refractivity contribution in [2.24, 2.45) is 5.92 Å². The highest BCUT2D eigenvalue weighted by molar-refractivity contribution is 5.95. The summed E-state index contributed by atoms with van der Waals surface area (Å²) in [5, 5.41) is 9.18. The molecule has 0 aliphatic heterocycles. The van der Waals surface area contributed by atoms with Crippen molar-refractivity contribution >= 4 is 17.3 Å². The minimum absolute atomic E-state index is 0.227. The number of ether oxygens (including phenoxy) is 1. The van der Waals surface area contributed by atoms with Crippen molar-refractivity contribution in [3.8, 4) is 0 Å². The summed E-state index contributed by atoms with van der Waals surface area (Å²) >= 11 is 0. The summed E-state index contributed by atoms with van der Waals surface area (Å²) in [6.07, 6.45) is 2.55. The van der Waals surface area contributed by atoms with Gasteiger partial charge in [-0.25, -0.2) is 4.79 Å². The number of nitrogens with zero attached hydrogens (tertiary/aromatic N) is 1. The van der Waals surface area contributed by atoms with Crippen LogP contribution in [0.4, 0.5) is 11.4 Å². The van der Waals surface area contributed by atoms with E-state index in [1.807, 2.05) is 11.9 Å². The van der Waals surface area contributed by atoms with Crippen molar-refractivity contribution < 1.29 is 14.6 Å². The van der Waals surface area contributed by atoms with E-state index < -0.39 is 5.97 Å². The topological polar surface area (TPSA) is 75.8 Å². The minimum Gasteiger partial charge on any atom is -0.478 e. The highest BCUT2D eigenvalue weighted by Gasteiger charge is 2.21. The molecule has 5 nitrogen and oxygen atoms in total. The average Bonchev–Trinajstić information content (AvgIpc) is 3.18. The average molecular weight is 264 g/mol. The number of aromatic carboxylic acids is 1. The molecule has 0 bridgehead atoms. The number of rotatable bonds is 7. The Labute approximate surface area is 113 Å². The molecule has 0 saturated heterocycles. The van der Waals surface area contributed by atoms with Crippen LogP contribution in [-0.4, -0.2) is 37.9 Å². The van der Waals surface area contributed by atoms with Gasteiger partial charge in [-0.05, 0) is 37.0 Å². The molecule has 3 N–H and O–H groups in total. The number of benzene rings is 1. The van der Waals surface area contributed by atoms with Gasteiger partial charge in [0.25, 0.3) is 0 Å². The Kier molecular flexibility index (Phi) is 4.27. The molecule has 0 heterocycles. The zero-order chi connectivity index (χ0) is 13.8. The molecule has 1 fully saturated rings. The predicted octanol–water partition coefficient (Wildman–Crippen LogP) is 1.83. The normalized spacial score (nSPS) is 14.4. The SMILES string of the molecule is CN(CCOCC1CC1)c1ccc(N)cc1C(=O)O. The maximum absolute atomic E-state index is 11.2. The smallest absolute Gasteiger partial charge is 0.337 e. The van der Waals surface area contributed by atoms with Gasteiger partial charge >= 0.3 is 5.97 Å². The number of hydrogen-bond acceptors (Lipinski definition) is 4. The lowest BCUT2D eigenvalue weighted by molar-refractivity contribution is 0.0697. The number of hydrogen-bond donors (Lipinski definition) is 2. The lowest BCUT2D eigenvalue weighted by Gasteiger charge is -2.21. The van der Waals surface area contributed by atoms with Crippen molar-refractivity contribution in [2.45, 2.75) is 12.8 Å². The molecule has 0 radical (unpaired) electrons. The van der Waals surface area contributed by atoms with E-state index >= 15 is 0 Å². The van der Waals surface area contributed by atoms with E-state index in [-0.39, 0.29) is 5.56 Å². The quantitative estimate of drug-likeness (QED) is 0.580. The van der Waals surface area contributed by atoms with E-state index in [0.717, 1.165) is 12.5 Å². The van der Waals surface area contributed by atoms with Gasteiger partial charge in [-0.3, -0.25) is 0 Å². The molecular formula is C14H20N2O3. The molecule has 2 rings (SSSR count). The molecule has 1 saturated carbocycles. The first-order valence-corrected chi connectivity index (χ1v) is 6.49. The van der Waals surface area contributed by atoms with E-state index in [0.29, 0.717) is 24.5 Å². The third-order valence-corrected chi connectivity index (χ3v) is 3.28. The summed E-state index contributed by atoms with van der Waals surface area (Å²) in [7, 11) is 1.86. The Hall–Kier alpha value is -1.75. The van der Waals surface area contributed by atoms with Crippen molar-refractivity contribution in [3.05, 3.63) is 23.8 Å². The summed E-state index contributed by atoms with van der Waals surface area (Å²) in [5.41, 5.74) is 6.97. The fourth-order valence-electron chi connectivity index (χ4n) is 1.91. The zero-order valence-electron chi connectivity index (χ0n) is 11.1. The van der Waals surface area contributed by atoms with Crippen molar-refractivity contribution in [1.29, 1.82) is 0 Å². The standard InChI is InChI=1S/C14H20N2O3/c1-16(6-7-19-9-10-2-3-10)13-5-4-11(15)8-12(13)14(17)18/h4-5,8,10H,2-3,6-7,9,15H2,1H3,(H,17,18). The second-order valence-electron chi connectivity index (χ2n) is 5.02. The first-order chi connectivity index (χ1) is 9.08. The molecule has 0 spiro atoms. The van der Waals surface area contributed by atoms with Gasteiger partial charge in [-0.15, -0.1) is 0 Å². The van der Waals surface area contributed by atoms with Gasteiger partial charge in [0.2, 0.25) is 0 Å². The van der Waals surface area contributed by atoms with E-state index in [1.54, 1.807) is 12.1 Å². The van der Waals surface area contributed by atoms with Gasteiger partial charge in [-0.1, -0.05) is 0 Å². The lowest BCUT2D eigenvalue weighted by Crippen LogP contribution is -2.25. The Morgan fingerprint density at radius 2 is 2.26 bits per heavy atom. The Balaban J connectivity index is 1.92. The maximum Gasteiger partial charge on any atom is 0.337 e. The van der Waals surface area contributed by atoms with Crippen LogP contribution in [0.2, 0.25) is 0 Å². The van der Waals surface area contributed by atoms with Crippen LogP contribution < -0.4 is 10.6 Å². The molecule has 0 aromatic heterocycles. The highest BCUT2D eigenvalue weighted by Crippen LogP contribution is 2.28. The van der Waals surface area contributed by atoms with Gasteiger partial charge in [0, 0.05) is 25.9 Å². The van der Waals surface area contributed by atoms with Crippen molar-refractivity contribution in [1.82, 2.24) is 0 Å². The van der Waals surface area contributed by atoms with Crippen LogP contribution in [0.5, 0.6) is 0 Å². The van der Waals surface area contributed by atoms with Crippen LogP contribution in [0, 0.1) is 5.92 Å². The minimum atomic E-state index is -0.965. The second-order valence-corrected chi connectivity index (χ2v) is 5.02. The molecule has 1 aliphatic rings. The monoisotopic (exact) mass is 264 g/mol. The van der Waals surface area contributed by atoms with Gasteiger partial charge < -0.3 is 20.5 Å². The van der Waals surface area contributed by atoms with E-state index in [1.165, 1.54) is 18.9 Å². The molecule has 1 aromatic rings. The summed E-state index contributed by atoms with van der Waals surface area (Å²) in [5.74, 6) is -0.218. The van der Waals surface area contributed by atoms with Gasteiger partial charge in [-0.2, -0.15) is 0 Å². The maximum atomic E-state index is 11.2. The van der Waals surface area contributed by atoms with E-state index in [2.05, 4.69) is 0 Å². The largest absolute Gasteiger partial charge is 0.478 e. The molecule has 0 atom stereocenters. The Morgan fingerprint density at radius 3 is 2.89 bits per heavy atom. The second kappa shape index (κ2) is 5.93.